The van der Waals surface area contributed by atoms with Gasteiger partial charge in [-0.05, 0) is 57.0 Å². The van der Waals surface area contributed by atoms with Gasteiger partial charge in [0.05, 0.1) is 6.10 Å². The van der Waals surface area contributed by atoms with Crippen LogP contribution in [-0.2, 0) is 4.74 Å². The van der Waals surface area contributed by atoms with E-state index in [1.165, 1.54) is 38.5 Å². The van der Waals surface area contributed by atoms with E-state index in [4.69, 9.17) is 4.74 Å². The zero-order valence-electron chi connectivity index (χ0n) is 10.9. The summed E-state index contributed by atoms with van der Waals surface area (Å²) in [5.41, 5.74) is 0. The topological polar surface area (TPSA) is 41.5 Å². The lowest BCUT2D eigenvalue weighted by atomic mass is 9.79. The van der Waals surface area contributed by atoms with E-state index in [9.17, 15) is 5.11 Å². The van der Waals surface area contributed by atoms with Gasteiger partial charge in [-0.25, -0.2) is 0 Å². The molecule has 100 valence electrons. The summed E-state index contributed by atoms with van der Waals surface area (Å²) in [4.78, 5) is 0. The Morgan fingerprint density at radius 2 is 1.88 bits per heavy atom. The highest BCUT2D eigenvalue weighted by atomic mass is 16.5. The summed E-state index contributed by atoms with van der Waals surface area (Å²) < 4.78 is 5.61. The van der Waals surface area contributed by atoms with Gasteiger partial charge in [0, 0.05) is 13.2 Å². The molecule has 2 N–H and O–H groups in total. The van der Waals surface area contributed by atoms with Crippen LogP contribution in [0.3, 0.4) is 0 Å². The molecule has 1 aliphatic heterocycles. The van der Waals surface area contributed by atoms with Crippen LogP contribution < -0.4 is 5.32 Å². The molecule has 3 heteroatoms. The van der Waals surface area contributed by atoms with Crippen LogP contribution in [0.4, 0.5) is 0 Å². The molecule has 1 heterocycles. The van der Waals surface area contributed by atoms with Gasteiger partial charge in [-0.1, -0.05) is 12.8 Å². The van der Waals surface area contributed by atoms with Gasteiger partial charge in [-0.2, -0.15) is 0 Å². The zero-order chi connectivity index (χ0) is 11.9. The predicted molar refractivity (Wildman–Crippen MR) is 69.0 cm³/mol. The van der Waals surface area contributed by atoms with Crippen molar-refractivity contribution in [3.8, 4) is 0 Å². The van der Waals surface area contributed by atoms with Gasteiger partial charge < -0.3 is 15.2 Å². The number of aliphatic hydroxyl groups is 1. The molecule has 0 aromatic rings. The summed E-state index contributed by atoms with van der Waals surface area (Å²) in [6.07, 6.45) is 9.28. The number of nitrogens with one attached hydrogen (secondary N) is 1. The second-order valence-electron chi connectivity index (χ2n) is 5.62. The van der Waals surface area contributed by atoms with Gasteiger partial charge in [0.25, 0.3) is 0 Å². The highest BCUT2D eigenvalue weighted by Gasteiger charge is 2.24. The van der Waals surface area contributed by atoms with Gasteiger partial charge in [-0.3, -0.25) is 0 Å². The van der Waals surface area contributed by atoms with E-state index in [-0.39, 0.29) is 0 Å². The Labute approximate surface area is 105 Å². The predicted octanol–water partition coefficient (Wildman–Crippen LogP) is 1.94. The molecule has 2 aliphatic rings. The van der Waals surface area contributed by atoms with Gasteiger partial charge in [0.2, 0.25) is 0 Å². The molecule has 0 radical (unpaired) electrons. The summed E-state index contributed by atoms with van der Waals surface area (Å²) in [5, 5.41) is 12.9. The summed E-state index contributed by atoms with van der Waals surface area (Å²) in [7, 11) is 0. The maximum Gasteiger partial charge on any atom is 0.0588 e. The molecular formula is C14H27NO2. The van der Waals surface area contributed by atoms with Crippen molar-refractivity contribution in [2.75, 3.05) is 26.3 Å². The first-order valence-electron chi connectivity index (χ1n) is 7.33. The Balaban J connectivity index is 1.56. The van der Waals surface area contributed by atoms with E-state index in [1.807, 2.05) is 0 Å². The smallest absolute Gasteiger partial charge is 0.0588 e. The molecule has 1 saturated heterocycles. The summed E-state index contributed by atoms with van der Waals surface area (Å²) in [6.45, 7) is 3.48. The number of hydrogen-bond acceptors (Lipinski definition) is 3. The quantitative estimate of drug-likeness (QED) is 0.698. The van der Waals surface area contributed by atoms with Crippen LogP contribution in [0.15, 0.2) is 0 Å². The van der Waals surface area contributed by atoms with Crippen molar-refractivity contribution in [2.45, 2.75) is 51.0 Å². The second-order valence-corrected chi connectivity index (χ2v) is 5.62. The maximum absolute atomic E-state index is 9.34. The molecule has 17 heavy (non-hydrogen) atoms. The van der Waals surface area contributed by atoms with Crippen molar-refractivity contribution in [3.63, 3.8) is 0 Å². The van der Waals surface area contributed by atoms with Crippen molar-refractivity contribution < 1.29 is 9.84 Å². The minimum absolute atomic E-state index is 0.373. The number of hydrogen-bond donors (Lipinski definition) is 2. The fourth-order valence-corrected chi connectivity index (χ4v) is 3.22. The normalized spacial score (nSPS) is 34.1. The molecule has 3 nitrogen and oxygen atoms in total. The highest BCUT2D eigenvalue weighted by Crippen LogP contribution is 2.29. The average Bonchev–Trinajstić information content (AvgIpc) is 2.88. The number of aliphatic hydroxyl groups excluding tert-OH is 1. The van der Waals surface area contributed by atoms with E-state index < -0.39 is 0 Å². The summed E-state index contributed by atoms with van der Waals surface area (Å²) in [5.74, 6) is 1.23. The molecule has 0 amide bonds. The van der Waals surface area contributed by atoms with Crippen LogP contribution >= 0.6 is 0 Å². The Kier molecular flexibility index (Phi) is 5.75. The van der Waals surface area contributed by atoms with Crippen molar-refractivity contribution in [2.24, 2.45) is 11.8 Å². The van der Waals surface area contributed by atoms with Gasteiger partial charge in [-0.15, -0.1) is 0 Å². The van der Waals surface area contributed by atoms with Gasteiger partial charge >= 0.3 is 0 Å². The third-order valence-electron chi connectivity index (χ3n) is 4.37. The monoisotopic (exact) mass is 241 g/mol. The van der Waals surface area contributed by atoms with Crippen LogP contribution in [0, 0.1) is 11.8 Å². The largest absolute Gasteiger partial charge is 0.396 e. The highest BCUT2D eigenvalue weighted by molar-refractivity contribution is 4.77. The molecule has 3 atom stereocenters. The van der Waals surface area contributed by atoms with E-state index in [0.717, 1.165) is 26.1 Å². The third kappa shape index (κ3) is 4.23. The molecular weight excluding hydrogens is 214 g/mol. The first-order valence-corrected chi connectivity index (χ1v) is 7.33. The van der Waals surface area contributed by atoms with Crippen LogP contribution in [-0.4, -0.2) is 37.5 Å². The molecule has 0 bridgehead atoms. The lowest BCUT2D eigenvalue weighted by Gasteiger charge is -2.30. The fourth-order valence-electron chi connectivity index (χ4n) is 3.22. The van der Waals surface area contributed by atoms with Crippen LogP contribution in [0.2, 0.25) is 0 Å². The van der Waals surface area contributed by atoms with Crippen molar-refractivity contribution in [1.29, 1.82) is 0 Å². The van der Waals surface area contributed by atoms with Crippen molar-refractivity contribution in [3.05, 3.63) is 0 Å². The molecule has 1 aliphatic carbocycles. The fraction of sp³-hybridized carbons (Fsp3) is 1.00. The summed E-state index contributed by atoms with van der Waals surface area (Å²) in [6, 6.07) is 0. The first kappa shape index (κ1) is 13.3. The second kappa shape index (κ2) is 7.34. The van der Waals surface area contributed by atoms with E-state index >= 15 is 0 Å². The maximum atomic E-state index is 9.34. The Bertz CT molecular complexity index is 204. The lowest BCUT2D eigenvalue weighted by molar-refractivity contribution is 0.101. The van der Waals surface area contributed by atoms with Crippen LogP contribution in [0.25, 0.3) is 0 Å². The molecule has 2 fully saturated rings. The van der Waals surface area contributed by atoms with Gasteiger partial charge in [0.15, 0.2) is 0 Å². The van der Waals surface area contributed by atoms with E-state index in [2.05, 4.69) is 5.32 Å². The lowest BCUT2D eigenvalue weighted by Crippen LogP contribution is -2.33. The van der Waals surface area contributed by atoms with Crippen molar-refractivity contribution >= 4 is 0 Å². The SMILES string of the molecule is OCC1CCCCC1CNCCC1CCCO1. The molecule has 1 saturated carbocycles. The minimum Gasteiger partial charge on any atom is -0.396 e. The molecule has 2 rings (SSSR count). The Morgan fingerprint density at radius 1 is 1.06 bits per heavy atom. The standard InChI is InChI=1S/C14H27NO2/c16-11-13-5-2-1-4-12(13)10-15-8-7-14-6-3-9-17-14/h12-16H,1-11H2. The molecule has 0 aromatic heterocycles. The average molecular weight is 241 g/mol. The number of rotatable bonds is 6. The molecule has 0 spiro atoms. The summed E-state index contributed by atoms with van der Waals surface area (Å²) >= 11 is 0. The Hall–Kier alpha value is -0.120. The molecule has 0 aromatic carbocycles. The Morgan fingerprint density at radius 3 is 2.59 bits per heavy atom. The van der Waals surface area contributed by atoms with E-state index in [0.29, 0.717) is 24.5 Å². The van der Waals surface area contributed by atoms with Gasteiger partial charge in [0.1, 0.15) is 0 Å². The third-order valence-corrected chi connectivity index (χ3v) is 4.37. The zero-order valence-corrected chi connectivity index (χ0v) is 10.9. The first-order chi connectivity index (χ1) is 8.40. The minimum atomic E-state index is 0.373. The number of ether oxygens (including phenoxy) is 1. The van der Waals surface area contributed by atoms with Crippen molar-refractivity contribution in [1.82, 2.24) is 5.32 Å². The van der Waals surface area contributed by atoms with Crippen LogP contribution in [0.5, 0.6) is 0 Å². The van der Waals surface area contributed by atoms with Crippen LogP contribution in [0.1, 0.15) is 44.9 Å². The molecule has 3 unspecified atom stereocenters. The van der Waals surface area contributed by atoms with E-state index in [1.54, 1.807) is 0 Å².